The number of oxime groups is 1. The minimum atomic E-state index is -0.453. The number of hydrogen-bond donors (Lipinski definition) is 3. The lowest BCUT2D eigenvalue weighted by atomic mass is 10.1. The summed E-state index contributed by atoms with van der Waals surface area (Å²) in [4.78, 5) is 11.8. The molecule has 4 N–H and O–H groups in total. The van der Waals surface area contributed by atoms with E-state index in [0.717, 1.165) is 0 Å². The molecule has 0 radical (unpaired) electrons. The van der Waals surface area contributed by atoms with Crippen molar-refractivity contribution in [2.75, 3.05) is 20.3 Å². The minimum Gasteiger partial charge on any atom is -0.484 e. The molecule has 0 aliphatic carbocycles. The van der Waals surface area contributed by atoms with Crippen molar-refractivity contribution in [1.29, 1.82) is 0 Å². The number of rotatable bonds is 7. The molecule has 1 aromatic carbocycles. The first kappa shape index (κ1) is 16.8. The molecule has 7 heteroatoms. The third-order valence-corrected chi connectivity index (χ3v) is 2.61. The van der Waals surface area contributed by atoms with E-state index < -0.39 is 5.54 Å². The standard InChI is InChI=1S/C14H21N3O4/c1-14(2,9-20-3)16-12(18)8-21-11-6-4-10(5-7-11)13(15)17-19/h4-7,19H,8-9H2,1-3H3,(H2,15,17)(H,16,18). The maximum absolute atomic E-state index is 11.8. The summed E-state index contributed by atoms with van der Waals surface area (Å²) in [6, 6.07) is 6.55. The van der Waals surface area contributed by atoms with Crippen LogP contribution in [0.3, 0.4) is 0 Å². The molecule has 0 spiro atoms. The number of nitrogens with two attached hydrogens (primary N) is 1. The summed E-state index contributed by atoms with van der Waals surface area (Å²) in [7, 11) is 1.58. The Bertz CT molecular complexity index is 497. The van der Waals surface area contributed by atoms with Gasteiger partial charge < -0.3 is 25.7 Å². The van der Waals surface area contributed by atoms with Crippen LogP contribution >= 0.6 is 0 Å². The second-order valence-electron chi connectivity index (χ2n) is 5.16. The topological polar surface area (TPSA) is 106 Å². The molecule has 0 saturated heterocycles. The minimum absolute atomic E-state index is 0.0145. The van der Waals surface area contributed by atoms with Gasteiger partial charge in [0, 0.05) is 12.7 Å². The van der Waals surface area contributed by atoms with Crippen LogP contribution in [0, 0.1) is 0 Å². The largest absolute Gasteiger partial charge is 0.484 e. The molecule has 0 heterocycles. The molecule has 1 amide bonds. The Morgan fingerprint density at radius 1 is 1.38 bits per heavy atom. The Morgan fingerprint density at radius 3 is 2.52 bits per heavy atom. The first-order valence-electron chi connectivity index (χ1n) is 6.38. The zero-order valence-electron chi connectivity index (χ0n) is 12.4. The molecule has 1 aromatic rings. The highest BCUT2D eigenvalue weighted by atomic mass is 16.5. The fraction of sp³-hybridized carbons (Fsp3) is 0.429. The molecule has 0 unspecified atom stereocenters. The molecular formula is C14H21N3O4. The summed E-state index contributed by atoms with van der Waals surface area (Å²) in [6.45, 7) is 4.03. The van der Waals surface area contributed by atoms with Gasteiger partial charge in [-0.05, 0) is 38.1 Å². The molecule has 0 aromatic heterocycles. The van der Waals surface area contributed by atoms with Crippen molar-refractivity contribution in [2.45, 2.75) is 19.4 Å². The summed E-state index contributed by atoms with van der Waals surface area (Å²) >= 11 is 0. The van der Waals surface area contributed by atoms with Crippen LogP contribution in [-0.2, 0) is 9.53 Å². The quantitative estimate of drug-likeness (QED) is 0.297. The summed E-state index contributed by atoms with van der Waals surface area (Å²) in [5.74, 6) is 0.294. The number of hydrogen-bond acceptors (Lipinski definition) is 5. The van der Waals surface area contributed by atoms with Crippen molar-refractivity contribution < 1.29 is 19.5 Å². The number of amides is 1. The van der Waals surface area contributed by atoms with E-state index in [0.29, 0.717) is 17.9 Å². The molecule has 0 fully saturated rings. The Kier molecular flexibility index (Phi) is 5.98. The highest BCUT2D eigenvalue weighted by molar-refractivity contribution is 5.97. The summed E-state index contributed by atoms with van der Waals surface area (Å²) < 4.78 is 10.4. The van der Waals surface area contributed by atoms with Crippen LogP contribution in [0.1, 0.15) is 19.4 Å². The van der Waals surface area contributed by atoms with Gasteiger partial charge in [-0.1, -0.05) is 5.16 Å². The number of benzene rings is 1. The average Bonchev–Trinajstić information content (AvgIpc) is 2.44. The van der Waals surface area contributed by atoms with E-state index in [4.69, 9.17) is 20.4 Å². The van der Waals surface area contributed by atoms with Crippen LogP contribution in [0.2, 0.25) is 0 Å². The number of methoxy groups -OCH3 is 1. The van der Waals surface area contributed by atoms with Gasteiger partial charge in [0.2, 0.25) is 0 Å². The van der Waals surface area contributed by atoms with E-state index in [9.17, 15) is 4.79 Å². The molecule has 0 aliphatic rings. The Morgan fingerprint density at radius 2 is 2.00 bits per heavy atom. The predicted octanol–water partition coefficient (Wildman–Crippen LogP) is 0.701. The smallest absolute Gasteiger partial charge is 0.258 e. The lowest BCUT2D eigenvalue weighted by Crippen LogP contribution is -2.48. The zero-order chi connectivity index (χ0) is 15.9. The molecular weight excluding hydrogens is 274 g/mol. The van der Waals surface area contributed by atoms with Crippen molar-refractivity contribution in [3.05, 3.63) is 29.8 Å². The molecule has 0 saturated carbocycles. The van der Waals surface area contributed by atoms with Gasteiger partial charge in [-0.25, -0.2) is 0 Å². The number of nitrogens with zero attached hydrogens (tertiary/aromatic N) is 1. The molecule has 21 heavy (non-hydrogen) atoms. The van der Waals surface area contributed by atoms with Gasteiger partial charge in [-0.3, -0.25) is 4.79 Å². The summed E-state index contributed by atoms with van der Waals surface area (Å²) in [5.41, 5.74) is 5.56. The monoisotopic (exact) mass is 295 g/mol. The highest BCUT2D eigenvalue weighted by Gasteiger charge is 2.20. The van der Waals surface area contributed by atoms with E-state index in [1.807, 2.05) is 13.8 Å². The van der Waals surface area contributed by atoms with E-state index >= 15 is 0 Å². The maximum Gasteiger partial charge on any atom is 0.258 e. The lowest BCUT2D eigenvalue weighted by molar-refractivity contribution is -0.125. The summed E-state index contributed by atoms with van der Waals surface area (Å²) in [6.07, 6.45) is 0. The molecule has 0 aliphatic heterocycles. The fourth-order valence-corrected chi connectivity index (χ4v) is 1.74. The molecule has 7 nitrogen and oxygen atoms in total. The predicted molar refractivity (Wildman–Crippen MR) is 78.5 cm³/mol. The summed E-state index contributed by atoms with van der Waals surface area (Å²) in [5, 5.41) is 14.3. The second kappa shape index (κ2) is 7.49. The maximum atomic E-state index is 11.8. The highest BCUT2D eigenvalue weighted by Crippen LogP contribution is 2.12. The Hall–Kier alpha value is -2.28. The molecule has 0 bridgehead atoms. The van der Waals surface area contributed by atoms with E-state index in [2.05, 4.69) is 10.5 Å². The van der Waals surface area contributed by atoms with Gasteiger partial charge in [-0.15, -0.1) is 0 Å². The molecule has 1 rings (SSSR count). The first-order valence-corrected chi connectivity index (χ1v) is 6.38. The number of amidine groups is 1. The normalized spacial score (nSPS) is 12.0. The van der Waals surface area contributed by atoms with E-state index in [1.165, 1.54) is 0 Å². The van der Waals surface area contributed by atoms with Crippen molar-refractivity contribution in [3.8, 4) is 5.75 Å². The van der Waals surface area contributed by atoms with Crippen LogP contribution in [0.4, 0.5) is 0 Å². The van der Waals surface area contributed by atoms with Gasteiger partial charge in [0.15, 0.2) is 12.4 Å². The van der Waals surface area contributed by atoms with E-state index in [-0.39, 0.29) is 18.3 Å². The molecule has 0 atom stereocenters. The number of carbonyl (C=O) groups is 1. The third kappa shape index (κ3) is 5.70. The number of carbonyl (C=O) groups excluding carboxylic acids is 1. The average molecular weight is 295 g/mol. The van der Waals surface area contributed by atoms with Crippen molar-refractivity contribution in [3.63, 3.8) is 0 Å². The van der Waals surface area contributed by atoms with E-state index in [1.54, 1.807) is 31.4 Å². The van der Waals surface area contributed by atoms with Crippen LogP contribution < -0.4 is 15.8 Å². The first-order chi connectivity index (χ1) is 9.88. The van der Waals surface area contributed by atoms with Crippen molar-refractivity contribution >= 4 is 11.7 Å². The van der Waals surface area contributed by atoms with Gasteiger partial charge in [-0.2, -0.15) is 0 Å². The van der Waals surface area contributed by atoms with Crippen molar-refractivity contribution in [1.82, 2.24) is 5.32 Å². The van der Waals surface area contributed by atoms with Crippen LogP contribution in [0.25, 0.3) is 0 Å². The van der Waals surface area contributed by atoms with Gasteiger partial charge in [0.1, 0.15) is 5.75 Å². The van der Waals surface area contributed by atoms with Crippen molar-refractivity contribution in [2.24, 2.45) is 10.9 Å². The fourth-order valence-electron chi connectivity index (χ4n) is 1.74. The van der Waals surface area contributed by atoms with Gasteiger partial charge in [0.05, 0.1) is 12.1 Å². The van der Waals surface area contributed by atoms with Gasteiger partial charge in [0.25, 0.3) is 5.91 Å². The Balaban J connectivity index is 2.50. The van der Waals surface area contributed by atoms with Crippen LogP contribution in [0.15, 0.2) is 29.4 Å². The Labute approximate surface area is 123 Å². The van der Waals surface area contributed by atoms with Crippen LogP contribution in [0.5, 0.6) is 5.75 Å². The lowest BCUT2D eigenvalue weighted by Gasteiger charge is -2.25. The third-order valence-electron chi connectivity index (χ3n) is 2.61. The van der Waals surface area contributed by atoms with Crippen LogP contribution in [-0.4, -0.2) is 42.8 Å². The molecule has 116 valence electrons. The second-order valence-corrected chi connectivity index (χ2v) is 5.16. The number of nitrogens with one attached hydrogen (secondary N) is 1. The number of ether oxygens (including phenoxy) is 2. The SMILES string of the molecule is COCC(C)(C)NC(=O)COc1ccc(/C(N)=N/O)cc1. The van der Waals surface area contributed by atoms with Gasteiger partial charge >= 0.3 is 0 Å². The zero-order valence-corrected chi connectivity index (χ0v) is 12.4.